The maximum Gasteiger partial charge on any atom is 0.277 e. The third-order valence-corrected chi connectivity index (χ3v) is 8.12. The smallest absolute Gasteiger partial charge is 0.277 e. The SMILES string of the molecule is O=C(NOCC(O)CO)c1cc(F)c(F)c(F)c1Nc1ccc(I)cc1F.O=C(NOCCC(O)CO)c1cc(F)c(F)c(F)c1Nc1ccc(I)cc1F. The number of hydrogen-bond donors (Lipinski definition) is 8. The number of halogens is 10. The molecule has 0 aliphatic heterocycles. The predicted octanol–water partition coefficient (Wildman–Crippen LogP) is 5.60. The molecule has 0 saturated heterocycles. The second-order valence-electron chi connectivity index (χ2n) is 10.8. The number of carbonyl (C=O) groups is 2. The number of nitrogens with one attached hydrogen (secondary N) is 4. The van der Waals surface area contributed by atoms with Crippen molar-refractivity contribution < 1.29 is 74.8 Å². The Balaban J connectivity index is 0.000000296. The molecular formula is C33H28F8I2N4O8. The molecule has 298 valence electrons. The molecule has 12 nitrogen and oxygen atoms in total. The molecule has 0 bridgehead atoms. The summed E-state index contributed by atoms with van der Waals surface area (Å²) >= 11 is 3.69. The van der Waals surface area contributed by atoms with E-state index in [0.29, 0.717) is 19.3 Å². The summed E-state index contributed by atoms with van der Waals surface area (Å²) in [6.45, 7) is -1.88. The minimum atomic E-state index is -1.85. The van der Waals surface area contributed by atoms with Crippen LogP contribution in [0.2, 0.25) is 0 Å². The lowest BCUT2D eigenvalue weighted by molar-refractivity contribution is -0.0295. The van der Waals surface area contributed by atoms with E-state index in [1.165, 1.54) is 24.3 Å². The van der Waals surface area contributed by atoms with Gasteiger partial charge in [-0.3, -0.25) is 19.3 Å². The van der Waals surface area contributed by atoms with Crippen molar-refractivity contribution >= 4 is 79.7 Å². The normalized spacial score (nSPS) is 12.0. The van der Waals surface area contributed by atoms with E-state index < -0.39 is 113 Å². The first-order chi connectivity index (χ1) is 26.0. The Morgan fingerprint density at radius 1 is 0.600 bits per heavy atom. The fourth-order valence-corrected chi connectivity index (χ4v) is 4.92. The maximum atomic E-state index is 14.2. The molecule has 0 heterocycles. The molecule has 22 heteroatoms. The van der Waals surface area contributed by atoms with E-state index in [0.717, 1.165) is 12.1 Å². The zero-order valence-electron chi connectivity index (χ0n) is 27.5. The Kier molecular flexibility index (Phi) is 17.7. The molecule has 0 radical (unpaired) electrons. The van der Waals surface area contributed by atoms with E-state index in [9.17, 15) is 44.7 Å². The number of anilines is 4. The molecule has 0 fully saturated rings. The van der Waals surface area contributed by atoms with Crippen molar-refractivity contribution in [2.45, 2.75) is 18.6 Å². The van der Waals surface area contributed by atoms with Gasteiger partial charge in [-0.15, -0.1) is 0 Å². The topological polar surface area (TPSA) is 182 Å². The van der Waals surface area contributed by atoms with Gasteiger partial charge in [0.1, 0.15) is 24.3 Å². The summed E-state index contributed by atoms with van der Waals surface area (Å²) in [5.41, 5.74) is 0.172. The average Bonchev–Trinajstić information content (AvgIpc) is 3.15. The van der Waals surface area contributed by atoms with Crippen LogP contribution in [-0.2, 0) is 9.68 Å². The van der Waals surface area contributed by atoms with Gasteiger partial charge in [-0.05, 0) is 93.7 Å². The zero-order chi connectivity index (χ0) is 41.0. The highest BCUT2D eigenvalue weighted by Gasteiger charge is 2.26. The van der Waals surface area contributed by atoms with Crippen LogP contribution in [0, 0.1) is 53.7 Å². The van der Waals surface area contributed by atoms with E-state index >= 15 is 0 Å². The predicted molar refractivity (Wildman–Crippen MR) is 195 cm³/mol. The van der Waals surface area contributed by atoms with Crippen LogP contribution in [0.4, 0.5) is 57.9 Å². The molecule has 2 amide bonds. The Hall–Kier alpha value is -3.92. The van der Waals surface area contributed by atoms with Crippen molar-refractivity contribution in [2.24, 2.45) is 0 Å². The lowest BCUT2D eigenvalue weighted by Gasteiger charge is -2.15. The molecule has 55 heavy (non-hydrogen) atoms. The van der Waals surface area contributed by atoms with Crippen LogP contribution in [0.25, 0.3) is 0 Å². The number of amides is 2. The van der Waals surface area contributed by atoms with Crippen LogP contribution in [0.5, 0.6) is 0 Å². The summed E-state index contributed by atoms with van der Waals surface area (Å²) in [4.78, 5) is 33.7. The molecule has 4 aromatic carbocycles. The van der Waals surface area contributed by atoms with Crippen molar-refractivity contribution in [2.75, 3.05) is 37.1 Å². The Morgan fingerprint density at radius 2 is 1.02 bits per heavy atom. The lowest BCUT2D eigenvalue weighted by Crippen LogP contribution is -2.30. The number of aliphatic hydroxyl groups excluding tert-OH is 4. The van der Waals surface area contributed by atoms with E-state index in [1.807, 2.05) is 50.7 Å². The number of rotatable bonds is 15. The summed E-state index contributed by atoms with van der Waals surface area (Å²) in [5, 5.41) is 40.1. The Bertz CT molecular complexity index is 2000. The van der Waals surface area contributed by atoms with E-state index in [-0.39, 0.29) is 24.4 Å². The first kappa shape index (κ1) is 45.5. The van der Waals surface area contributed by atoms with Gasteiger partial charge in [0.25, 0.3) is 11.8 Å². The van der Waals surface area contributed by atoms with E-state index in [2.05, 4.69) is 15.5 Å². The second kappa shape index (κ2) is 21.4. The number of benzene rings is 4. The highest BCUT2D eigenvalue weighted by atomic mass is 127. The summed E-state index contributed by atoms with van der Waals surface area (Å²) in [7, 11) is 0. The van der Waals surface area contributed by atoms with Crippen LogP contribution < -0.4 is 21.6 Å². The summed E-state index contributed by atoms with van der Waals surface area (Å²) in [5.74, 6) is -14.3. The number of hydroxylamine groups is 2. The van der Waals surface area contributed by atoms with Crippen molar-refractivity contribution in [3.63, 3.8) is 0 Å². The molecule has 0 spiro atoms. The molecule has 0 saturated carbocycles. The molecule has 4 rings (SSSR count). The van der Waals surface area contributed by atoms with Crippen molar-refractivity contribution in [1.29, 1.82) is 0 Å². The summed E-state index contributed by atoms with van der Waals surface area (Å²) in [6, 6.07) is 8.51. The molecule has 0 aromatic heterocycles. The highest BCUT2D eigenvalue weighted by molar-refractivity contribution is 14.1. The largest absolute Gasteiger partial charge is 0.394 e. The monoisotopic (exact) mass is 1010 g/mol. The fraction of sp³-hybridized carbons (Fsp3) is 0.212. The van der Waals surface area contributed by atoms with Gasteiger partial charge in [0.2, 0.25) is 0 Å². The van der Waals surface area contributed by atoms with Gasteiger partial charge in [-0.1, -0.05) is 0 Å². The average molecular weight is 1010 g/mol. The van der Waals surface area contributed by atoms with Gasteiger partial charge in [0.15, 0.2) is 34.9 Å². The molecule has 4 aromatic rings. The quantitative estimate of drug-likeness (QED) is 0.0246. The molecule has 2 unspecified atom stereocenters. The Morgan fingerprint density at radius 3 is 1.42 bits per heavy atom. The van der Waals surface area contributed by atoms with Gasteiger partial charge in [0.05, 0.1) is 59.8 Å². The number of hydrogen-bond acceptors (Lipinski definition) is 10. The van der Waals surface area contributed by atoms with Crippen LogP contribution >= 0.6 is 45.2 Å². The number of aliphatic hydroxyl groups is 4. The molecule has 0 aliphatic carbocycles. The van der Waals surface area contributed by atoms with Crippen LogP contribution in [-0.4, -0.2) is 70.9 Å². The van der Waals surface area contributed by atoms with Crippen molar-refractivity contribution in [1.82, 2.24) is 11.0 Å². The van der Waals surface area contributed by atoms with E-state index in [1.54, 1.807) is 5.48 Å². The van der Waals surface area contributed by atoms with Gasteiger partial charge in [-0.2, -0.15) is 0 Å². The second-order valence-corrected chi connectivity index (χ2v) is 13.3. The highest BCUT2D eigenvalue weighted by Crippen LogP contribution is 2.31. The third-order valence-electron chi connectivity index (χ3n) is 6.78. The number of carbonyl (C=O) groups excluding carboxylic acids is 2. The minimum absolute atomic E-state index is 0.0259. The first-order valence-electron chi connectivity index (χ1n) is 15.2. The molecule has 0 aliphatic rings. The zero-order valence-corrected chi connectivity index (χ0v) is 31.8. The van der Waals surface area contributed by atoms with Crippen LogP contribution in [0.15, 0.2) is 48.5 Å². The standard InChI is InChI=1S/C17H15F4IN2O4.C16H13F4IN2O4/c18-11-5-8(22)1-2-13(11)23-16-10(6-12(19)14(20)15(16)21)17(27)24-28-4-3-9(26)7-25;17-10-3-7(21)1-2-12(10)22-15-9(4-11(18)13(19)14(15)20)16(26)23-27-6-8(25)5-24/h1-2,5-6,9,23,25-26H,3-4,7H2,(H,24,27);1-4,8,22,24-25H,5-6H2,(H,23,26). The fourth-order valence-electron chi connectivity index (χ4n) is 4.01. The summed E-state index contributed by atoms with van der Waals surface area (Å²) < 4.78 is 112. The third kappa shape index (κ3) is 12.8. The van der Waals surface area contributed by atoms with Crippen molar-refractivity contribution in [3.8, 4) is 0 Å². The maximum absolute atomic E-state index is 14.2. The molecular weight excluding hydrogens is 986 g/mol. The molecule has 2 atom stereocenters. The van der Waals surface area contributed by atoms with Crippen LogP contribution in [0.1, 0.15) is 27.1 Å². The summed E-state index contributed by atoms with van der Waals surface area (Å²) in [6.07, 6.45) is -2.40. The van der Waals surface area contributed by atoms with Gasteiger partial charge >= 0.3 is 0 Å². The van der Waals surface area contributed by atoms with Crippen LogP contribution in [0.3, 0.4) is 0 Å². The molecule has 8 N–H and O–H groups in total. The Labute approximate surface area is 333 Å². The van der Waals surface area contributed by atoms with E-state index in [4.69, 9.17) is 25.3 Å². The minimum Gasteiger partial charge on any atom is -0.394 e. The van der Waals surface area contributed by atoms with Gasteiger partial charge < -0.3 is 31.1 Å². The van der Waals surface area contributed by atoms with Crippen molar-refractivity contribution in [3.05, 3.63) is 113 Å². The van der Waals surface area contributed by atoms with Gasteiger partial charge in [0, 0.05) is 13.6 Å². The lowest BCUT2D eigenvalue weighted by atomic mass is 10.1. The van der Waals surface area contributed by atoms with Gasteiger partial charge in [-0.25, -0.2) is 46.1 Å². The first-order valence-corrected chi connectivity index (χ1v) is 17.4.